The Labute approximate surface area is 307 Å². The molecule has 2 aromatic carbocycles. The number of carbonyl (C=O) groups excluding carboxylic acids is 2. The van der Waals surface area contributed by atoms with Gasteiger partial charge in [0.2, 0.25) is 11.8 Å². The van der Waals surface area contributed by atoms with Gasteiger partial charge in [-0.2, -0.15) is 11.8 Å². The lowest BCUT2D eigenvalue weighted by molar-refractivity contribution is -0.133. The number of amides is 2. The molecule has 7 rings (SSSR count). The van der Waals surface area contributed by atoms with Crippen molar-refractivity contribution in [3.63, 3.8) is 0 Å². The molecule has 0 aliphatic carbocycles. The summed E-state index contributed by atoms with van der Waals surface area (Å²) < 4.78 is 32.8. The summed E-state index contributed by atoms with van der Waals surface area (Å²) in [5, 5.41) is 6.03. The molecule has 4 saturated heterocycles. The Kier molecular flexibility index (Phi) is 12.3. The molecular weight excluding hydrogens is 688 g/mol. The van der Waals surface area contributed by atoms with Gasteiger partial charge in [0.15, 0.2) is 0 Å². The van der Waals surface area contributed by atoms with Crippen LogP contribution in [0.1, 0.15) is 57.2 Å². The Morgan fingerprint density at radius 3 is 2.33 bits per heavy atom. The van der Waals surface area contributed by atoms with E-state index >= 15 is 0 Å². The van der Waals surface area contributed by atoms with Gasteiger partial charge in [-0.3, -0.25) is 19.7 Å². The second kappa shape index (κ2) is 17.4. The SMILES string of the molecule is O=C1CCC(Nc2ccc(OC3CCN(CCN4CCC(COc5cc(F)c6c(=O)[nH]c(CSC7CCOCC7)nc6c5)CC4)CC3)cc2)C(=O)N1. The molecule has 5 heterocycles. The van der Waals surface area contributed by atoms with Crippen LogP contribution in [-0.4, -0.2) is 108 Å². The zero-order chi connectivity index (χ0) is 35.9. The molecule has 14 heteroatoms. The lowest BCUT2D eigenvalue weighted by atomic mass is 9.98. The van der Waals surface area contributed by atoms with Crippen LogP contribution in [0.3, 0.4) is 0 Å². The highest BCUT2D eigenvalue weighted by atomic mass is 32.2. The number of H-pyrrole nitrogens is 1. The standard InChI is InChI=1S/C38H49FN6O6S/c39-31-21-29(22-33-36(31)38(48)42-34(41-33)24-52-30-11-19-49-20-12-30)50-23-25-7-13-44(14-8-25)17-18-45-15-9-28(10-16-45)51-27-3-1-26(2-4-27)40-32-5-6-35(46)43-37(32)47/h1-4,21-22,25,28,30,32,40H,5-20,23-24H2,(H,41,42,48)(H,43,46,47). The van der Waals surface area contributed by atoms with E-state index in [2.05, 4.69) is 30.4 Å². The number of rotatable bonds is 13. The summed E-state index contributed by atoms with van der Waals surface area (Å²) >= 11 is 1.76. The van der Waals surface area contributed by atoms with E-state index in [1.807, 2.05) is 24.3 Å². The third-order valence-electron chi connectivity index (χ3n) is 10.6. The molecule has 1 atom stereocenters. The van der Waals surface area contributed by atoms with Gasteiger partial charge in [-0.15, -0.1) is 0 Å². The largest absolute Gasteiger partial charge is 0.493 e. The minimum absolute atomic E-state index is 0.0231. The fraction of sp³-hybridized carbons (Fsp3) is 0.579. The average molecular weight is 737 g/mol. The molecule has 1 aromatic heterocycles. The van der Waals surface area contributed by atoms with Gasteiger partial charge >= 0.3 is 0 Å². The van der Waals surface area contributed by atoms with Crippen LogP contribution in [0.4, 0.5) is 10.1 Å². The summed E-state index contributed by atoms with van der Waals surface area (Å²) in [7, 11) is 0. The normalized spacial score (nSPS) is 21.7. The first kappa shape index (κ1) is 36.6. The van der Waals surface area contributed by atoms with Gasteiger partial charge in [-0.25, -0.2) is 9.37 Å². The van der Waals surface area contributed by atoms with Crippen LogP contribution >= 0.6 is 11.8 Å². The molecule has 2 amide bonds. The molecule has 3 aromatic rings. The van der Waals surface area contributed by atoms with Gasteiger partial charge < -0.3 is 34.3 Å². The van der Waals surface area contributed by atoms with Gasteiger partial charge in [-0.05, 0) is 88.2 Å². The highest BCUT2D eigenvalue weighted by molar-refractivity contribution is 7.99. The van der Waals surface area contributed by atoms with Crippen LogP contribution in [0.5, 0.6) is 11.5 Å². The Morgan fingerprint density at radius 1 is 0.904 bits per heavy atom. The predicted octanol–water partition coefficient (Wildman–Crippen LogP) is 4.33. The number of aromatic nitrogens is 2. The Balaban J connectivity index is 0.793. The van der Waals surface area contributed by atoms with Crippen molar-refractivity contribution in [2.24, 2.45) is 5.92 Å². The minimum Gasteiger partial charge on any atom is -0.493 e. The average Bonchev–Trinajstić information content (AvgIpc) is 3.15. The lowest BCUT2D eigenvalue weighted by Crippen LogP contribution is -2.47. The lowest BCUT2D eigenvalue weighted by Gasteiger charge is -2.36. The van der Waals surface area contributed by atoms with Crippen molar-refractivity contribution in [1.82, 2.24) is 25.1 Å². The highest BCUT2D eigenvalue weighted by Gasteiger charge is 2.27. The first-order valence-corrected chi connectivity index (χ1v) is 19.8. The second-order valence-corrected chi connectivity index (χ2v) is 15.7. The maximum atomic E-state index is 15.0. The van der Waals surface area contributed by atoms with Crippen molar-refractivity contribution >= 4 is 40.2 Å². The van der Waals surface area contributed by atoms with Crippen molar-refractivity contribution in [2.45, 2.75) is 74.5 Å². The first-order chi connectivity index (χ1) is 25.3. The number of imide groups is 1. The molecule has 4 aliphatic rings. The van der Waals surface area contributed by atoms with Gasteiger partial charge in [0.05, 0.1) is 17.9 Å². The molecule has 52 heavy (non-hydrogen) atoms. The predicted molar refractivity (Wildman–Crippen MR) is 198 cm³/mol. The number of benzene rings is 2. The number of fused-ring (bicyclic) bond motifs is 1. The zero-order valence-corrected chi connectivity index (χ0v) is 30.4. The smallest absolute Gasteiger partial charge is 0.261 e. The van der Waals surface area contributed by atoms with Crippen LogP contribution in [0.25, 0.3) is 10.9 Å². The van der Waals surface area contributed by atoms with Gasteiger partial charge in [0.25, 0.3) is 5.56 Å². The fourth-order valence-electron chi connectivity index (χ4n) is 7.42. The van der Waals surface area contributed by atoms with E-state index < -0.39 is 17.4 Å². The van der Waals surface area contributed by atoms with Crippen LogP contribution in [0, 0.1) is 11.7 Å². The second-order valence-electron chi connectivity index (χ2n) is 14.4. The summed E-state index contributed by atoms with van der Waals surface area (Å²) in [6, 6.07) is 10.3. The number of piperidine rings is 3. The molecule has 12 nitrogen and oxygen atoms in total. The molecule has 3 N–H and O–H groups in total. The third kappa shape index (κ3) is 9.82. The number of ether oxygens (including phenoxy) is 3. The topological polar surface area (TPSA) is 138 Å². The molecule has 0 bridgehead atoms. The molecule has 280 valence electrons. The molecule has 1 unspecified atom stereocenters. The van der Waals surface area contributed by atoms with Crippen LogP contribution in [0.15, 0.2) is 41.2 Å². The summed E-state index contributed by atoms with van der Waals surface area (Å²) in [6.45, 7) is 8.14. The molecule has 4 aliphatic heterocycles. The van der Waals surface area contributed by atoms with Crippen LogP contribution in [-0.2, 0) is 20.1 Å². The van der Waals surface area contributed by atoms with E-state index in [0.717, 1.165) is 102 Å². The van der Waals surface area contributed by atoms with Gasteiger partial charge in [0.1, 0.15) is 40.7 Å². The summed E-state index contributed by atoms with van der Waals surface area (Å²) in [5.41, 5.74) is 0.712. The quantitative estimate of drug-likeness (QED) is 0.217. The van der Waals surface area contributed by atoms with Crippen LogP contribution in [0.2, 0.25) is 0 Å². The number of hydrogen-bond donors (Lipinski definition) is 3. The fourth-order valence-corrected chi connectivity index (χ4v) is 8.47. The summed E-state index contributed by atoms with van der Waals surface area (Å²) in [4.78, 5) is 48.5. The van der Waals surface area contributed by atoms with E-state index in [1.54, 1.807) is 17.8 Å². The number of anilines is 1. The monoisotopic (exact) mass is 736 g/mol. The Hall–Kier alpha value is -3.72. The number of likely N-dealkylation sites (tertiary alicyclic amines) is 2. The minimum atomic E-state index is -0.606. The van der Waals surface area contributed by atoms with Crippen molar-refractivity contribution < 1.29 is 28.2 Å². The van der Waals surface area contributed by atoms with Gasteiger partial charge in [-0.1, -0.05) is 0 Å². The Bertz CT molecular complexity index is 1740. The maximum absolute atomic E-state index is 15.0. The maximum Gasteiger partial charge on any atom is 0.261 e. The highest BCUT2D eigenvalue weighted by Crippen LogP contribution is 2.27. The van der Waals surface area contributed by atoms with E-state index in [1.165, 1.54) is 6.07 Å². The van der Waals surface area contributed by atoms with E-state index in [-0.39, 0.29) is 23.3 Å². The number of nitrogens with zero attached hydrogens (tertiary/aromatic N) is 3. The van der Waals surface area contributed by atoms with Crippen molar-refractivity contribution in [3.05, 3.63) is 58.4 Å². The van der Waals surface area contributed by atoms with E-state index in [0.29, 0.717) is 53.5 Å². The summed E-state index contributed by atoms with van der Waals surface area (Å²) in [6.07, 6.45) is 6.99. The van der Waals surface area contributed by atoms with E-state index in [9.17, 15) is 18.8 Å². The van der Waals surface area contributed by atoms with Crippen molar-refractivity contribution in [3.8, 4) is 11.5 Å². The number of aromatic amines is 1. The molecule has 0 spiro atoms. The third-order valence-corrected chi connectivity index (χ3v) is 12.0. The van der Waals surface area contributed by atoms with Crippen molar-refractivity contribution in [1.29, 1.82) is 0 Å². The van der Waals surface area contributed by atoms with Gasteiger partial charge in [0, 0.05) is 68.9 Å². The molecule has 0 saturated carbocycles. The number of carbonyl (C=O) groups is 2. The Morgan fingerprint density at radius 2 is 1.62 bits per heavy atom. The van der Waals surface area contributed by atoms with E-state index in [4.69, 9.17) is 14.2 Å². The number of thioether (sulfide) groups is 1. The molecule has 4 fully saturated rings. The molecular formula is C38H49FN6O6S. The summed E-state index contributed by atoms with van der Waals surface area (Å²) in [5.74, 6) is 1.65. The first-order valence-electron chi connectivity index (χ1n) is 18.7. The van der Waals surface area contributed by atoms with Crippen LogP contribution < -0.4 is 25.7 Å². The molecule has 0 radical (unpaired) electrons. The van der Waals surface area contributed by atoms with Crippen molar-refractivity contribution in [2.75, 3.05) is 64.4 Å². The zero-order valence-electron chi connectivity index (χ0n) is 29.6. The number of nitrogens with one attached hydrogen (secondary N) is 3. The number of halogens is 1. The number of hydrogen-bond acceptors (Lipinski definition) is 11.